The summed E-state index contributed by atoms with van der Waals surface area (Å²) < 4.78 is 51.5. The van der Waals surface area contributed by atoms with Crippen molar-refractivity contribution in [1.29, 1.82) is 0 Å². The average Bonchev–Trinajstić information content (AvgIpc) is 3.19. The first kappa shape index (κ1) is 26.2. The molecular weight excluding hydrogens is 533 g/mol. The molecule has 6 atom stereocenters. The van der Waals surface area contributed by atoms with Crippen molar-refractivity contribution in [2.24, 2.45) is 0 Å². The Hall–Kier alpha value is -1.38. The molecule has 1 aliphatic rings. The molecular formula is C12H15N4O13P3S. The summed E-state index contributed by atoms with van der Waals surface area (Å²) in [4.78, 5) is 46.7. The highest BCUT2D eigenvalue weighted by Gasteiger charge is 2.62. The van der Waals surface area contributed by atoms with Crippen LogP contribution in [0.25, 0.3) is 15.1 Å². The Balaban J connectivity index is 1.81. The molecule has 21 heteroatoms. The maximum atomic E-state index is 12.0. The van der Waals surface area contributed by atoms with E-state index in [1.165, 1.54) is 5.38 Å². The third-order valence-electron chi connectivity index (χ3n) is 4.18. The van der Waals surface area contributed by atoms with E-state index in [-0.39, 0.29) is 16.9 Å². The third-order valence-corrected chi connectivity index (χ3v) is 8.97. The summed E-state index contributed by atoms with van der Waals surface area (Å²) in [5, 5.41) is 22.4. The molecule has 0 saturated carbocycles. The molecule has 0 aliphatic carbocycles. The SMILES string of the molecule is [C-]#[N+][C@]1(COP(=O)(O)OP(=O)(O)OP(=O)(O)O)O[C@@H](c2csc3c(N)ncnc23)[C@H](O)[C@@H]1O. The Morgan fingerprint density at radius 3 is 2.45 bits per heavy atom. The topological polar surface area (TPSA) is 266 Å². The lowest BCUT2D eigenvalue weighted by molar-refractivity contribution is -0.0787. The van der Waals surface area contributed by atoms with Gasteiger partial charge in [-0.15, -0.1) is 11.3 Å². The van der Waals surface area contributed by atoms with Crippen LogP contribution in [0, 0.1) is 6.57 Å². The van der Waals surface area contributed by atoms with Crippen LogP contribution < -0.4 is 5.73 Å². The molecule has 0 spiro atoms. The fraction of sp³-hybridized carbons (Fsp3) is 0.417. The number of aliphatic hydroxyl groups excluding tert-OH is 2. The van der Waals surface area contributed by atoms with E-state index in [2.05, 4.69) is 28.0 Å². The molecule has 0 bridgehead atoms. The molecule has 3 rings (SSSR count). The maximum absolute atomic E-state index is 12.0. The summed E-state index contributed by atoms with van der Waals surface area (Å²) >= 11 is 1.09. The smallest absolute Gasteiger partial charge is 0.387 e. The van der Waals surface area contributed by atoms with Crippen molar-refractivity contribution in [1.82, 2.24) is 9.97 Å². The molecule has 2 aromatic rings. The third kappa shape index (κ3) is 5.65. The van der Waals surface area contributed by atoms with Gasteiger partial charge in [-0.3, -0.25) is 14.1 Å². The summed E-state index contributed by atoms with van der Waals surface area (Å²) in [5.74, 6) is 0.133. The van der Waals surface area contributed by atoms with E-state index >= 15 is 0 Å². The molecule has 17 nitrogen and oxygen atoms in total. The van der Waals surface area contributed by atoms with Crippen LogP contribution in [0.15, 0.2) is 11.7 Å². The predicted molar refractivity (Wildman–Crippen MR) is 107 cm³/mol. The van der Waals surface area contributed by atoms with Crippen LogP contribution in [0.3, 0.4) is 0 Å². The molecule has 1 aliphatic heterocycles. The number of anilines is 1. The van der Waals surface area contributed by atoms with Gasteiger partial charge in [-0.2, -0.15) is 8.62 Å². The fourth-order valence-electron chi connectivity index (χ4n) is 2.85. The molecule has 182 valence electrons. The molecule has 2 unspecified atom stereocenters. The van der Waals surface area contributed by atoms with Crippen LogP contribution in [0.1, 0.15) is 11.7 Å². The summed E-state index contributed by atoms with van der Waals surface area (Å²) in [6, 6.07) is 0. The summed E-state index contributed by atoms with van der Waals surface area (Å²) in [6.45, 7) is 6.06. The molecule has 1 saturated heterocycles. The molecule has 33 heavy (non-hydrogen) atoms. The Kier molecular flexibility index (Phi) is 7.16. The Labute approximate surface area is 187 Å². The summed E-state index contributed by atoms with van der Waals surface area (Å²) in [6.07, 6.45) is -4.00. The van der Waals surface area contributed by atoms with E-state index < -0.39 is 54.1 Å². The number of ether oxygens (including phenoxy) is 1. The van der Waals surface area contributed by atoms with Crippen molar-refractivity contribution in [2.75, 3.05) is 12.3 Å². The van der Waals surface area contributed by atoms with Gasteiger partial charge in [0.25, 0.3) is 0 Å². The van der Waals surface area contributed by atoms with E-state index in [1.807, 2.05) is 0 Å². The minimum Gasteiger partial charge on any atom is -0.387 e. The monoisotopic (exact) mass is 548 g/mol. The number of hydrogen-bond donors (Lipinski definition) is 7. The highest BCUT2D eigenvalue weighted by Crippen LogP contribution is 2.66. The van der Waals surface area contributed by atoms with Gasteiger partial charge in [0.1, 0.15) is 24.4 Å². The van der Waals surface area contributed by atoms with Gasteiger partial charge < -0.3 is 35.5 Å². The van der Waals surface area contributed by atoms with Crippen molar-refractivity contribution in [3.63, 3.8) is 0 Å². The van der Waals surface area contributed by atoms with Crippen LogP contribution in [0.5, 0.6) is 0 Å². The first-order valence-electron chi connectivity index (χ1n) is 8.28. The standard InChI is InChI=1S/C12H15N4O13P3S/c1-14-12(3-26-31(22,23)29-32(24,25)28-30(19,20)21)10(18)7(17)8(27-12)5-2-33-9-6(5)15-4-16-11(9)13/h2,4,7-8,10,17-18H,3H2,(H,22,23)(H,24,25)(H2,13,15,16)(H2,19,20,21)/t7-,8-,10-,12+/m0/s1. The number of aromatic nitrogens is 2. The van der Waals surface area contributed by atoms with Crippen molar-refractivity contribution in [3.8, 4) is 0 Å². The van der Waals surface area contributed by atoms with Gasteiger partial charge in [-0.25, -0.2) is 30.2 Å². The molecule has 1 fully saturated rings. The summed E-state index contributed by atoms with van der Waals surface area (Å²) in [5.41, 5.74) is 3.74. The van der Waals surface area contributed by atoms with Crippen molar-refractivity contribution in [2.45, 2.75) is 24.0 Å². The second kappa shape index (κ2) is 9.00. The number of thiophene rings is 1. The van der Waals surface area contributed by atoms with Gasteiger partial charge in [-0.1, -0.05) is 0 Å². The van der Waals surface area contributed by atoms with Crippen LogP contribution in [-0.4, -0.2) is 64.3 Å². The Morgan fingerprint density at radius 2 is 1.85 bits per heavy atom. The first-order valence-corrected chi connectivity index (χ1v) is 13.7. The van der Waals surface area contributed by atoms with Crippen molar-refractivity contribution in [3.05, 3.63) is 28.7 Å². The zero-order valence-electron chi connectivity index (χ0n) is 15.8. The summed E-state index contributed by atoms with van der Waals surface area (Å²) in [7, 11) is -17.0. The van der Waals surface area contributed by atoms with Crippen LogP contribution >= 0.6 is 34.8 Å². The van der Waals surface area contributed by atoms with Gasteiger partial charge >= 0.3 is 29.2 Å². The number of phosphoric acid groups is 3. The lowest BCUT2D eigenvalue weighted by Gasteiger charge is -2.21. The molecule has 0 aromatic carbocycles. The first-order chi connectivity index (χ1) is 15.1. The number of fused-ring (bicyclic) bond motifs is 1. The van der Waals surface area contributed by atoms with Gasteiger partial charge in [0, 0.05) is 5.56 Å². The minimum absolute atomic E-state index is 0.133. The highest BCUT2D eigenvalue weighted by molar-refractivity contribution is 7.66. The number of nitrogens with zero attached hydrogens (tertiary/aromatic N) is 3. The van der Waals surface area contributed by atoms with Crippen LogP contribution in [0.4, 0.5) is 5.82 Å². The maximum Gasteiger partial charge on any atom is 0.490 e. The normalized spacial score (nSPS) is 29.4. The Bertz CT molecular complexity index is 1240. The van der Waals surface area contributed by atoms with E-state index in [0.717, 1.165) is 17.7 Å². The molecule has 8 N–H and O–H groups in total. The number of rotatable bonds is 8. The molecule has 3 heterocycles. The highest BCUT2D eigenvalue weighted by atomic mass is 32.1. The van der Waals surface area contributed by atoms with E-state index in [1.54, 1.807) is 0 Å². The van der Waals surface area contributed by atoms with E-state index in [0.29, 0.717) is 4.70 Å². The quantitative estimate of drug-likeness (QED) is 0.169. The second-order valence-electron chi connectivity index (χ2n) is 6.42. The zero-order chi connectivity index (χ0) is 24.8. The van der Waals surface area contributed by atoms with Crippen molar-refractivity contribution < 1.29 is 61.4 Å². The fourth-order valence-corrected chi connectivity index (χ4v) is 6.84. The van der Waals surface area contributed by atoms with Crippen molar-refractivity contribution >= 4 is 50.8 Å². The number of nitrogen functional groups attached to an aromatic ring is 1. The average molecular weight is 548 g/mol. The van der Waals surface area contributed by atoms with Crippen LogP contribution in [0.2, 0.25) is 0 Å². The number of hydrogen-bond acceptors (Lipinski definition) is 13. The van der Waals surface area contributed by atoms with Gasteiger partial charge in [0.15, 0.2) is 12.7 Å². The van der Waals surface area contributed by atoms with E-state index in [4.69, 9.17) is 26.8 Å². The minimum atomic E-state index is -5.79. The predicted octanol–water partition coefficient (Wildman–Crippen LogP) is 0.0255. The number of nitrogens with two attached hydrogens (primary N) is 1. The lowest BCUT2D eigenvalue weighted by atomic mass is 10.0. The van der Waals surface area contributed by atoms with Gasteiger partial charge in [-0.05, 0) is 5.38 Å². The number of phosphoric ester groups is 1. The zero-order valence-corrected chi connectivity index (χ0v) is 19.3. The van der Waals surface area contributed by atoms with Gasteiger partial charge in [0.2, 0.25) is 0 Å². The number of aliphatic hydroxyl groups is 2. The molecule has 0 amide bonds. The Morgan fingerprint density at radius 1 is 1.18 bits per heavy atom. The second-order valence-corrected chi connectivity index (χ2v) is 11.7. The molecule has 2 aromatic heterocycles. The lowest BCUT2D eigenvalue weighted by Crippen LogP contribution is -2.44. The molecule has 0 radical (unpaired) electrons. The van der Waals surface area contributed by atoms with Gasteiger partial charge in [0.05, 0.1) is 10.2 Å². The largest absolute Gasteiger partial charge is 0.490 e. The van der Waals surface area contributed by atoms with Crippen LogP contribution in [-0.2, 0) is 31.6 Å². The van der Waals surface area contributed by atoms with E-state index in [9.17, 15) is 33.7 Å².